The average Bonchev–Trinajstić information content (AvgIpc) is 2.89. The summed E-state index contributed by atoms with van der Waals surface area (Å²) in [6.07, 6.45) is 0. The molecule has 0 aliphatic heterocycles. The van der Waals surface area contributed by atoms with Gasteiger partial charge in [-0.15, -0.1) is 0 Å². The van der Waals surface area contributed by atoms with Gasteiger partial charge in [-0.3, -0.25) is 4.79 Å². The van der Waals surface area contributed by atoms with E-state index in [1.165, 1.54) is 0 Å². The Bertz CT molecular complexity index is 563. The summed E-state index contributed by atoms with van der Waals surface area (Å²) in [6.45, 7) is 0.907. The number of carbonyl (C=O) groups excluding carboxylic acids is 1. The zero-order chi connectivity index (χ0) is 13.7. The lowest BCUT2D eigenvalue weighted by molar-refractivity contribution is 0.0910. The van der Waals surface area contributed by atoms with Crippen molar-refractivity contribution in [3.8, 4) is 11.3 Å². The Morgan fingerprint density at radius 1 is 1.32 bits per heavy atom. The first-order valence-electron chi connectivity index (χ1n) is 5.94. The van der Waals surface area contributed by atoms with Gasteiger partial charge in [0, 0.05) is 24.9 Å². The first-order valence-corrected chi connectivity index (χ1v) is 5.94. The summed E-state index contributed by atoms with van der Waals surface area (Å²) >= 11 is 0. The lowest BCUT2D eigenvalue weighted by Crippen LogP contribution is -2.26. The number of carbonyl (C=O) groups is 1. The van der Waals surface area contributed by atoms with Gasteiger partial charge in [-0.1, -0.05) is 12.1 Å². The molecular weight excluding hydrogens is 244 g/mol. The van der Waals surface area contributed by atoms with Crippen molar-refractivity contribution in [1.82, 2.24) is 5.32 Å². The summed E-state index contributed by atoms with van der Waals surface area (Å²) in [4.78, 5) is 11.8. The lowest BCUT2D eigenvalue weighted by Gasteiger charge is -2.03. The smallest absolute Gasteiger partial charge is 0.287 e. The van der Waals surface area contributed by atoms with Gasteiger partial charge in [-0.2, -0.15) is 0 Å². The predicted molar refractivity (Wildman–Crippen MR) is 72.8 cm³/mol. The molecule has 0 saturated carbocycles. The molecule has 19 heavy (non-hydrogen) atoms. The maximum atomic E-state index is 11.8. The van der Waals surface area contributed by atoms with Crippen LogP contribution in [0.15, 0.2) is 40.8 Å². The van der Waals surface area contributed by atoms with Crippen LogP contribution in [0.3, 0.4) is 0 Å². The van der Waals surface area contributed by atoms with Crippen LogP contribution in [0.25, 0.3) is 11.3 Å². The molecule has 0 aliphatic rings. The molecule has 0 saturated heterocycles. The van der Waals surface area contributed by atoms with Crippen molar-refractivity contribution in [2.75, 3.05) is 26.0 Å². The maximum absolute atomic E-state index is 11.8. The molecule has 0 bridgehead atoms. The van der Waals surface area contributed by atoms with Gasteiger partial charge in [0.15, 0.2) is 5.76 Å². The number of furan rings is 1. The zero-order valence-corrected chi connectivity index (χ0v) is 10.7. The minimum atomic E-state index is -0.266. The quantitative estimate of drug-likeness (QED) is 0.636. The summed E-state index contributed by atoms with van der Waals surface area (Å²) < 4.78 is 10.4. The Balaban J connectivity index is 2.11. The molecule has 1 amide bonds. The van der Waals surface area contributed by atoms with Crippen LogP contribution < -0.4 is 11.1 Å². The van der Waals surface area contributed by atoms with Gasteiger partial charge in [0.1, 0.15) is 5.76 Å². The molecule has 0 fully saturated rings. The number of hydrogen-bond donors (Lipinski definition) is 2. The second-order valence-electron chi connectivity index (χ2n) is 4.00. The number of nitrogens with two attached hydrogens (primary N) is 1. The van der Waals surface area contributed by atoms with E-state index in [2.05, 4.69) is 5.32 Å². The van der Waals surface area contributed by atoms with E-state index in [-0.39, 0.29) is 11.7 Å². The van der Waals surface area contributed by atoms with E-state index in [0.29, 0.717) is 24.6 Å². The lowest BCUT2D eigenvalue weighted by atomic mass is 10.1. The zero-order valence-electron chi connectivity index (χ0n) is 10.7. The van der Waals surface area contributed by atoms with E-state index in [0.717, 1.165) is 5.56 Å². The van der Waals surface area contributed by atoms with Crippen molar-refractivity contribution >= 4 is 11.6 Å². The number of anilines is 1. The van der Waals surface area contributed by atoms with Gasteiger partial charge in [-0.05, 0) is 24.3 Å². The molecule has 100 valence electrons. The number of ether oxygens (including phenoxy) is 1. The third-order valence-electron chi connectivity index (χ3n) is 2.65. The van der Waals surface area contributed by atoms with Gasteiger partial charge in [0.2, 0.25) is 0 Å². The highest BCUT2D eigenvalue weighted by Crippen LogP contribution is 2.27. The predicted octanol–water partition coefficient (Wildman–Crippen LogP) is 1.90. The Kier molecular flexibility index (Phi) is 4.20. The Labute approximate surface area is 111 Å². The molecule has 0 radical (unpaired) electrons. The van der Waals surface area contributed by atoms with Crippen LogP contribution in [0, 0.1) is 0 Å². The Morgan fingerprint density at radius 3 is 2.84 bits per heavy atom. The number of hydrogen-bond acceptors (Lipinski definition) is 4. The van der Waals surface area contributed by atoms with Gasteiger partial charge in [0.05, 0.1) is 6.61 Å². The van der Waals surface area contributed by atoms with Crippen molar-refractivity contribution in [3.05, 3.63) is 42.2 Å². The molecule has 1 aromatic carbocycles. The van der Waals surface area contributed by atoms with Gasteiger partial charge in [-0.25, -0.2) is 0 Å². The van der Waals surface area contributed by atoms with E-state index in [9.17, 15) is 4.79 Å². The maximum Gasteiger partial charge on any atom is 0.287 e. The summed E-state index contributed by atoms with van der Waals surface area (Å²) in [7, 11) is 1.58. The van der Waals surface area contributed by atoms with E-state index in [1.807, 2.05) is 18.2 Å². The van der Waals surface area contributed by atoms with Crippen LogP contribution in [0.2, 0.25) is 0 Å². The second-order valence-corrected chi connectivity index (χ2v) is 4.00. The van der Waals surface area contributed by atoms with E-state index < -0.39 is 0 Å². The minimum Gasteiger partial charge on any atom is -0.451 e. The monoisotopic (exact) mass is 260 g/mol. The van der Waals surface area contributed by atoms with Crippen LogP contribution in [0.1, 0.15) is 10.6 Å². The van der Waals surface area contributed by atoms with Gasteiger partial charge < -0.3 is 20.2 Å². The number of para-hydroxylation sites is 1. The molecule has 0 aliphatic carbocycles. The number of amides is 1. The number of methoxy groups -OCH3 is 1. The molecule has 2 rings (SSSR count). The van der Waals surface area contributed by atoms with Crippen molar-refractivity contribution in [1.29, 1.82) is 0 Å². The number of nitrogens with one attached hydrogen (secondary N) is 1. The van der Waals surface area contributed by atoms with Crippen LogP contribution in [0.5, 0.6) is 0 Å². The first kappa shape index (κ1) is 13.2. The third-order valence-corrected chi connectivity index (χ3v) is 2.65. The molecule has 1 aromatic heterocycles. The minimum absolute atomic E-state index is 0.259. The highest BCUT2D eigenvalue weighted by molar-refractivity contribution is 5.92. The summed E-state index contributed by atoms with van der Waals surface area (Å²) in [5, 5.41) is 2.69. The van der Waals surface area contributed by atoms with E-state index >= 15 is 0 Å². The Morgan fingerprint density at radius 2 is 2.11 bits per heavy atom. The highest BCUT2D eigenvalue weighted by atomic mass is 16.5. The first-order chi connectivity index (χ1) is 9.22. The molecular formula is C14H16N2O3. The molecule has 2 aromatic rings. The van der Waals surface area contributed by atoms with Crippen molar-refractivity contribution < 1.29 is 13.9 Å². The second kappa shape index (κ2) is 6.06. The highest BCUT2D eigenvalue weighted by Gasteiger charge is 2.12. The third kappa shape index (κ3) is 3.14. The SMILES string of the molecule is COCCNC(=O)c1ccc(-c2ccccc2N)o1. The number of rotatable bonds is 5. The van der Waals surface area contributed by atoms with Crippen molar-refractivity contribution in [2.45, 2.75) is 0 Å². The normalized spacial score (nSPS) is 10.4. The molecule has 5 nitrogen and oxygen atoms in total. The summed E-state index contributed by atoms with van der Waals surface area (Å²) in [6, 6.07) is 10.7. The standard InChI is InChI=1S/C14H16N2O3/c1-18-9-8-16-14(17)13-7-6-12(19-13)10-4-2-3-5-11(10)15/h2-7H,8-9,15H2,1H3,(H,16,17). The Hall–Kier alpha value is -2.27. The van der Waals surface area contributed by atoms with Crippen molar-refractivity contribution in [3.63, 3.8) is 0 Å². The number of nitrogen functional groups attached to an aromatic ring is 1. The van der Waals surface area contributed by atoms with Crippen LogP contribution in [-0.2, 0) is 4.74 Å². The molecule has 1 heterocycles. The average molecular weight is 260 g/mol. The molecule has 0 atom stereocenters. The van der Waals surface area contributed by atoms with E-state index in [1.54, 1.807) is 25.3 Å². The molecule has 3 N–H and O–H groups in total. The fraction of sp³-hybridized carbons (Fsp3) is 0.214. The number of benzene rings is 1. The van der Waals surface area contributed by atoms with Crippen LogP contribution in [0.4, 0.5) is 5.69 Å². The fourth-order valence-electron chi connectivity index (χ4n) is 1.68. The van der Waals surface area contributed by atoms with Gasteiger partial charge >= 0.3 is 0 Å². The van der Waals surface area contributed by atoms with Gasteiger partial charge in [0.25, 0.3) is 5.91 Å². The van der Waals surface area contributed by atoms with Crippen molar-refractivity contribution in [2.24, 2.45) is 0 Å². The van der Waals surface area contributed by atoms with Crippen LogP contribution in [-0.4, -0.2) is 26.2 Å². The van der Waals surface area contributed by atoms with Crippen LogP contribution >= 0.6 is 0 Å². The molecule has 0 unspecified atom stereocenters. The topological polar surface area (TPSA) is 77.5 Å². The summed E-state index contributed by atoms with van der Waals surface area (Å²) in [5.41, 5.74) is 7.25. The fourth-order valence-corrected chi connectivity index (χ4v) is 1.68. The molecule has 5 heteroatoms. The largest absolute Gasteiger partial charge is 0.451 e. The van der Waals surface area contributed by atoms with E-state index in [4.69, 9.17) is 14.9 Å². The molecule has 0 spiro atoms. The summed E-state index contributed by atoms with van der Waals surface area (Å²) in [5.74, 6) is 0.571.